The maximum atomic E-state index is 5.81. The van der Waals surface area contributed by atoms with Crippen molar-refractivity contribution in [2.75, 3.05) is 6.54 Å². The summed E-state index contributed by atoms with van der Waals surface area (Å²) in [6, 6.07) is 11.9. The molecule has 1 aromatic rings. The van der Waals surface area contributed by atoms with Crippen LogP contribution in [-0.4, -0.2) is 18.6 Å². The zero-order valence-electron chi connectivity index (χ0n) is 10.0. The number of hydrogen-bond acceptors (Lipinski definition) is 2. The van der Waals surface area contributed by atoms with Crippen molar-refractivity contribution in [2.45, 2.75) is 44.2 Å². The molecule has 0 spiro atoms. The van der Waals surface area contributed by atoms with Crippen molar-refractivity contribution in [1.29, 1.82) is 0 Å². The van der Waals surface area contributed by atoms with Crippen molar-refractivity contribution in [1.82, 2.24) is 5.32 Å². The summed E-state index contributed by atoms with van der Waals surface area (Å²) in [4.78, 5) is 0. The number of nitrogens with two attached hydrogens (primary N) is 1. The summed E-state index contributed by atoms with van der Waals surface area (Å²) < 4.78 is 0. The molecule has 0 aromatic heterocycles. The van der Waals surface area contributed by atoms with E-state index in [1.807, 2.05) is 0 Å². The van der Waals surface area contributed by atoms with Crippen molar-refractivity contribution in [2.24, 2.45) is 5.73 Å². The van der Waals surface area contributed by atoms with Gasteiger partial charge in [0.15, 0.2) is 0 Å². The van der Waals surface area contributed by atoms with Crippen LogP contribution in [0.25, 0.3) is 0 Å². The summed E-state index contributed by atoms with van der Waals surface area (Å²) in [7, 11) is 0. The lowest BCUT2D eigenvalue weighted by Crippen LogP contribution is -2.38. The molecule has 0 radical (unpaired) electrons. The molecular formula is C14H22N2. The van der Waals surface area contributed by atoms with Crippen LogP contribution in [0.5, 0.6) is 0 Å². The van der Waals surface area contributed by atoms with Crippen LogP contribution in [0.3, 0.4) is 0 Å². The first kappa shape index (κ1) is 11.6. The van der Waals surface area contributed by atoms with Gasteiger partial charge in [0.25, 0.3) is 0 Å². The van der Waals surface area contributed by atoms with E-state index in [-0.39, 0.29) is 0 Å². The van der Waals surface area contributed by atoms with Crippen LogP contribution in [0.1, 0.15) is 37.7 Å². The van der Waals surface area contributed by atoms with Crippen molar-refractivity contribution >= 4 is 0 Å². The van der Waals surface area contributed by atoms with Crippen LogP contribution in [0, 0.1) is 0 Å². The first-order valence-electron chi connectivity index (χ1n) is 6.30. The molecule has 1 aromatic carbocycles. The van der Waals surface area contributed by atoms with E-state index < -0.39 is 0 Å². The summed E-state index contributed by atoms with van der Waals surface area (Å²) >= 11 is 0. The maximum absolute atomic E-state index is 5.81. The molecule has 0 heterocycles. The van der Waals surface area contributed by atoms with Crippen LogP contribution in [-0.2, 0) is 0 Å². The molecular weight excluding hydrogens is 196 g/mol. The van der Waals surface area contributed by atoms with Crippen LogP contribution in [0.2, 0.25) is 0 Å². The van der Waals surface area contributed by atoms with E-state index in [1.165, 1.54) is 18.4 Å². The Labute approximate surface area is 98.2 Å². The average Bonchev–Trinajstić information content (AvgIpc) is 3.13. The minimum Gasteiger partial charge on any atom is -0.329 e. The molecule has 1 aliphatic rings. The Bertz CT molecular complexity index is 306. The number of benzene rings is 1. The SMILES string of the molecule is CC(CC(CN)NC1CC1)c1ccccc1. The summed E-state index contributed by atoms with van der Waals surface area (Å²) in [6.07, 6.45) is 3.80. The van der Waals surface area contributed by atoms with Crippen LogP contribution in [0.15, 0.2) is 30.3 Å². The molecule has 2 unspecified atom stereocenters. The topological polar surface area (TPSA) is 38.0 Å². The molecule has 0 bridgehead atoms. The quantitative estimate of drug-likeness (QED) is 0.768. The first-order chi connectivity index (χ1) is 7.79. The number of nitrogens with one attached hydrogen (secondary N) is 1. The number of rotatable bonds is 6. The van der Waals surface area contributed by atoms with Gasteiger partial charge in [-0.25, -0.2) is 0 Å². The van der Waals surface area contributed by atoms with Gasteiger partial charge in [0.05, 0.1) is 0 Å². The molecule has 1 aliphatic carbocycles. The standard InChI is InChI=1S/C14H22N2/c1-11(12-5-3-2-4-6-12)9-14(10-15)16-13-7-8-13/h2-6,11,13-14,16H,7-10,15H2,1H3. The lowest BCUT2D eigenvalue weighted by atomic mass is 9.94. The van der Waals surface area contributed by atoms with E-state index in [2.05, 4.69) is 42.6 Å². The highest BCUT2D eigenvalue weighted by Crippen LogP contribution is 2.24. The molecule has 0 aliphatic heterocycles. The molecule has 88 valence electrons. The third-order valence-corrected chi connectivity index (χ3v) is 3.34. The highest BCUT2D eigenvalue weighted by Gasteiger charge is 2.24. The van der Waals surface area contributed by atoms with Gasteiger partial charge in [0.2, 0.25) is 0 Å². The summed E-state index contributed by atoms with van der Waals surface area (Å²) in [5.74, 6) is 0.584. The Kier molecular flexibility index (Phi) is 3.97. The van der Waals surface area contributed by atoms with E-state index in [4.69, 9.17) is 5.73 Å². The molecule has 3 N–H and O–H groups in total. The fourth-order valence-electron chi connectivity index (χ4n) is 2.16. The van der Waals surface area contributed by atoms with Crippen molar-refractivity contribution in [3.63, 3.8) is 0 Å². The van der Waals surface area contributed by atoms with Gasteiger partial charge in [-0.2, -0.15) is 0 Å². The molecule has 1 fully saturated rings. The van der Waals surface area contributed by atoms with E-state index >= 15 is 0 Å². The lowest BCUT2D eigenvalue weighted by Gasteiger charge is -2.21. The molecule has 1 saturated carbocycles. The maximum Gasteiger partial charge on any atom is 0.0198 e. The molecule has 2 heteroatoms. The zero-order valence-corrected chi connectivity index (χ0v) is 10.0. The van der Waals surface area contributed by atoms with E-state index in [1.54, 1.807) is 0 Å². The Balaban J connectivity index is 1.86. The summed E-state index contributed by atoms with van der Waals surface area (Å²) in [5, 5.41) is 3.62. The van der Waals surface area contributed by atoms with Gasteiger partial charge >= 0.3 is 0 Å². The fourth-order valence-corrected chi connectivity index (χ4v) is 2.16. The third kappa shape index (κ3) is 3.32. The Morgan fingerprint density at radius 1 is 1.31 bits per heavy atom. The van der Waals surface area contributed by atoms with Crippen molar-refractivity contribution in [3.8, 4) is 0 Å². The normalized spacial score (nSPS) is 19.4. The van der Waals surface area contributed by atoms with E-state index in [0.29, 0.717) is 12.0 Å². The molecule has 2 nitrogen and oxygen atoms in total. The van der Waals surface area contributed by atoms with Crippen molar-refractivity contribution in [3.05, 3.63) is 35.9 Å². The summed E-state index contributed by atoms with van der Waals surface area (Å²) in [5.41, 5.74) is 7.23. The third-order valence-electron chi connectivity index (χ3n) is 3.34. The fraction of sp³-hybridized carbons (Fsp3) is 0.571. The highest BCUT2D eigenvalue weighted by atomic mass is 15.0. The second kappa shape index (κ2) is 5.46. The predicted octanol–water partition coefficient (Wildman–Crippen LogP) is 2.26. The first-order valence-corrected chi connectivity index (χ1v) is 6.30. The molecule has 0 saturated heterocycles. The molecule has 2 rings (SSSR count). The second-order valence-corrected chi connectivity index (χ2v) is 4.92. The minimum absolute atomic E-state index is 0.475. The number of hydrogen-bond donors (Lipinski definition) is 2. The Hall–Kier alpha value is -0.860. The van der Waals surface area contributed by atoms with E-state index in [9.17, 15) is 0 Å². The average molecular weight is 218 g/mol. The van der Waals surface area contributed by atoms with Crippen LogP contribution >= 0.6 is 0 Å². The lowest BCUT2D eigenvalue weighted by molar-refractivity contribution is 0.454. The molecule has 2 atom stereocenters. The smallest absolute Gasteiger partial charge is 0.0198 e. The van der Waals surface area contributed by atoms with Gasteiger partial charge in [-0.3, -0.25) is 0 Å². The molecule has 16 heavy (non-hydrogen) atoms. The van der Waals surface area contributed by atoms with Crippen molar-refractivity contribution < 1.29 is 0 Å². The monoisotopic (exact) mass is 218 g/mol. The summed E-state index contributed by atoms with van der Waals surface area (Å²) in [6.45, 7) is 3.03. The predicted molar refractivity (Wildman–Crippen MR) is 68.5 cm³/mol. The van der Waals surface area contributed by atoms with Gasteiger partial charge in [-0.1, -0.05) is 37.3 Å². The van der Waals surface area contributed by atoms with Gasteiger partial charge in [0, 0.05) is 18.6 Å². The minimum atomic E-state index is 0.475. The van der Waals surface area contributed by atoms with Gasteiger partial charge in [-0.15, -0.1) is 0 Å². The van der Waals surface area contributed by atoms with Crippen LogP contribution in [0.4, 0.5) is 0 Å². The Morgan fingerprint density at radius 3 is 2.56 bits per heavy atom. The van der Waals surface area contributed by atoms with Crippen LogP contribution < -0.4 is 11.1 Å². The van der Waals surface area contributed by atoms with Gasteiger partial charge < -0.3 is 11.1 Å². The van der Waals surface area contributed by atoms with Gasteiger partial charge in [-0.05, 0) is 30.7 Å². The van der Waals surface area contributed by atoms with Gasteiger partial charge in [0.1, 0.15) is 0 Å². The Morgan fingerprint density at radius 2 is 2.00 bits per heavy atom. The van der Waals surface area contributed by atoms with E-state index in [0.717, 1.165) is 19.0 Å². The molecule has 0 amide bonds. The zero-order chi connectivity index (χ0) is 11.4. The largest absolute Gasteiger partial charge is 0.329 e. The highest BCUT2D eigenvalue weighted by molar-refractivity contribution is 5.19. The second-order valence-electron chi connectivity index (χ2n) is 4.92.